The third kappa shape index (κ3) is 5.42. The second kappa shape index (κ2) is 8.83. The lowest BCUT2D eigenvalue weighted by Crippen LogP contribution is -2.10. The van der Waals surface area contributed by atoms with Gasteiger partial charge in [0.25, 0.3) is 0 Å². The van der Waals surface area contributed by atoms with Gasteiger partial charge in [0.2, 0.25) is 0 Å². The smallest absolute Gasteiger partial charge is 0.133 e. The summed E-state index contributed by atoms with van der Waals surface area (Å²) in [5.74, 6) is 1.74. The first-order valence-electron chi connectivity index (χ1n) is 6.47. The summed E-state index contributed by atoms with van der Waals surface area (Å²) in [5, 5.41) is 3.22. The van der Waals surface area contributed by atoms with Gasteiger partial charge in [-0.15, -0.1) is 0 Å². The monoisotopic (exact) mass is 253 g/mol. The number of aryl methyl sites for hydroxylation is 1. The number of anilines is 1. The highest BCUT2D eigenvalue weighted by atomic mass is 16.5. The molecule has 1 rings (SSSR count). The summed E-state index contributed by atoms with van der Waals surface area (Å²) in [4.78, 5) is 8.95. The quantitative estimate of drug-likeness (QED) is 0.679. The van der Waals surface area contributed by atoms with Crippen molar-refractivity contribution in [3.8, 4) is 0 Å². The van der Waals surface area contributed by atoms with Gasteiger partial charge in [0.15, 0.2) is 0 Å². The van der Waals surface area contributed by atoms with Crippen LogP contribution >= 0.6 is 0 Å². The third-order valence-electron chi connectivity index (χ3n) is 2.45. The topological polar surface area (TPSA) is 56.3 Å². The average Bonchev–Trinajstić information content (AvgIpc) is 2.38. The molecule has 18 heavy (non-hydrogen) atoms. The van der Waals surface area contributed by atoms with Crippen LogP contribution in [0.4, 0.5) is 5.82 Å². The van der Waals surface area contributed by atoms with Crippen molar-refractivity contribution in [1.29, 1.82) is 0 Å². The number of hydrogen-bond acceptors (Lipinski definition) is 5. The van der Waals surface area contributed by atoms with Crippen LogP contribution in [0.2, 0.25) is 0 Å². The number of nitrogens with zero attached hydrogens (tertiary/aromatic N) is 2. The molecule has 1 aromatic rings. The van der Waals surface area contributed by atoms with Crippen LogP contribution in [0.3, 0.4) is 0 Å². The Morgan fingerprint density at radius 3 is 2.67 bits per heavy atom. The Morgan fingerprint density at radius 2 is 2.00 bits per heavy atom. The molecular formula is C13H23N3O2. The van der Waals surface area contributed by atoms with Crippen molar-refractivity contribution in [3.05, 3.63) is 17.6 Å². The Bertz CT molecular complexity index is 345. The van der Waals surface area contributed by atoms with Crippen molar-refractivity contribution in [1.82, 2.24) is 9.97 Å². The van der Waals surface area contributed by atoms with E-state index in [1.165, 1.54) is 0 Å². The van der Waals surface area contributed by atoms with Gasteiger partial charge >= 0.3 is 0 Å². The van der Waals surface area contributed by atoms with E-state index in [-0.39, 0.29) is 0 Å². The fraction of sp³-hybridized carbons (Fsp3) is 0.692. The number of hydrogen-bond donors (Lipinski definition) is 1. The van der Waals surface area contributed by atoms with E-state index in [1.54, 1.807) is 7.11 Å². The molecule has 102 valence electrons. The normalized spacial score (nSPS) is 10.6. The van der Waals surface area contributed by atoms with Crippen LogP contribution in [-0.2, 0) is 22.3 Å². The number of aromatic nitrogens is 2. The van der Waals surface area contributed by atoms with Gasteiger partial charge in [0, 0.05) is 31.8 Å². The molecule has 0 fully saturated rings. The summed E-state index contributed by atoms with van der Waals surface area (Å²) in [7, 11) is 1.67. The molecule has 0 aliphatic heterocycles. The molecule has 0 radical (unpaired) electrons. The van der Waals surface area contributed by atoms with Crippen LogP contribution in [0.5, 0.6) is 0 Å². The van der Waals surface area contributed by atoms with Gasteiger partial charge in [0.05, 0.1) is 19.8 Å². The standard InChI is InChI=1S/C13H23N3O2/c1-4-11-10-13(14-5-2)16-12(15-11)6-7-18-9-8-17-3/h10H,4-9H2,1-3H3,(H,14,15,16). The van der Waals surface area contributed by atoms with Crippen molar-refractivity contribution in [3.63, 3.8) is 0 Å². The fourth-order valence-electron chi connectivity index (χ4n) is 1.52. The molecule has 0 saturated carbocycles. The molecule has 1 heterocycles. The molecule has 5 nitrogen and oxygen atoms in total. The summed E-state index contributed by atoms with van der Waals surface area (Å²) in [6.45, 7) is 6.88. The average molecular weight is 253 g/mol. The molecule has 1 N–H and O–H groups in total. The highest BCUT2D eigenvalue weighted by Crippen LogP contribution is 2.08. The highest BCUT2D eigenvalue weighted by molar-refractivity contribution is 5.35. The van der Waals surface area contributed by atoms with E-state index in [2.05, 4.69) is 29.1 Å². The minimum Gasteiger partial charge on any atom is -0.382 e. The van der Waals surface area contributed by atoms with Crippen LogP contribution in [0, 0.1) is 0 Å². The predicted octanol–water partition coefficient (Wildman–Crippen LogP) is 1.68. The first-order chi connectivity index (χ1) is 8.80. The van der Waals surface area contributed by atoms with Gasteiger partial charge in [0.1, 0.15) is 11.6 Å². The van der Waals surface area contributed by atoms with E-state index in [0.29, 0.717) is 19.8 Å². The lowest BCUT2D eigenvalue weighted by Gasteiger charge is -2.08. The van der Waals surface area contributed by atoms with Crippen molar-refractivity contribution in [2.45, 2.75) is 26.7 Å². The molecule has 0 saturated heterocycles. The molecule has 0 unspecified atom stereocenters. The Kier molecular flexibility index (Phi) is 7.29. The highest BCUT2D eigenvalue weighted by Gasteiger charge is 2.03. The van der Waals surface area contributed by atoms with Crippen LogP contribution in [0.25, 0.3) is 0 Å². The van der Waals surface area contributed by atoms with Gasteiger partial charge in [-0.05, 0) is 13.3 Å². The number of methoxy groups -OCH3 is 1. The first-order valence-corrected chi connectivity index (χ1v) is 6.47. The zero-order valence-corrected chi connectivity index (χ0v) is 11.5. The number of ether oxygens (including phenoxy) is 2. The molecule has 0 spiro atoms. The molecule has 1 aromatic heterocycles. The Balaban J connectivity index is 2.50. The Morgan fingerprint density at radius 1 is 1.17 bits per heavy atom. The largest absolute Gasteiger partial charge is 0.382 e. The Labute approximate surface area is 109 Å². The van der Waals surface area contributed by atoms with E-state index in [9.17, 15) is 0 Å². The second-order valence-corrected chi connectivity index (χ2v) is 3.90. The van der Waals surface area contributed by atoms with E-state index in [4.69, 9.17) is 9.47 Å². The van der Waals surface area contributed by atoms with E-state index in [1.807, 2.05) is 6.07 Å². The van der Waals surface area contributed by atoms with E-state index < -0.39 is 0 Å². The molecule has 5 heteroatoms. The maximum Gasteiger partial charge on any atom is 0.133 e. The zero-order valence-electron chi connectivity index (χ0n) is 11.5. The van der Waals surface area contributed by atoms with Crippen molar-refractivity contribution >= 4 is 5.82 Å². The van der Waals surface area contributed by atoms with E-state index in [0.717, 1.165) is 36.7 Å². The minimum atomic E-state index is 0.615. The molecule has 0 aliphatic carbocycles. The first kappa shape index (κ1) is 14.9. The SMILES string of the molecule is CCNc1cc(CC)nc(CCOCCOC)n1. The molecule has 0 aromatic carbocycles. The molecule has 0 bridgehead atoms. The summed E-state index contributed by atoms with van der Waals surface area (Å²) >= 11 is 0. The molecular weight excluding hydrogens is 230 g/mol. The van der Waals surface area contributed by atoms with Crippen molar-refractivity contribution in [2.75, 3.05) is 38.8 Å². The molecule has 0 amide bonds. The van der Waals surface area contributed by atoms with Gasteiger partial charge in [-0.25, -0.2) is 9.97 Å². The third-order valence-corrected chi connectivity index (χ3v) is 2.45. The van der Waals surface area contributed by atoms with Gasteiger partial charge in [-0.2, -0.15) is 0 Å². The summed E-state index contributed by atoms with van der Waals surface area (Å²) in [6.07, 6.45) is 1.65. The molecule has 0 atom stereocenters. The summed E-state index contributed by atoms with van der Waals surface area (Å²) < 4.78 is 10.3. The fourth-order valence-corrected chi connectivity index (χ4v) is 1.52. The predicted molar refractivity (Wildman–Crippen MR) is 72.0 cm³/mol. The summed E-state index contributed by atoms with van der Waals surface area (Å²) in [6, 6.07) is 2.00. The second-order valence-electron chi connectivity index (χ2n) is 3.90. The van der Waals surface area contributed by atoms with Gasteiger partial charge in [-0.3, -0.25) is 0 Å². The molecule has 0 aliphatic rings. The zero-order chi connectivity index (χ0) is 13.2. The van der Waals surface area contributed by atoms with Crippen LogP contribution < -0.4 is 5.32 Å². The maximum atomic E-state index is 5.43. The van der Waals surface area contributed by atoms with Crippen molar-refractivity contribution in [2.24, 2.45) is 0 Å². The van der Waals surface area contributed by atoms with E-state index >= 15 is 0 Å². The van der Waals surface area contributed by atoms with Crippen LogP contribution in [-0.4, -0.2) is 43.4 Å². The maximum absolute atomic E-state index is 5.43. The minimum absolute atomic E-state index is 0.615. The number of rotatable bonds is 9. The van der Waals surface area contributed by atoms with Gasteiger partial charge in [-0.1, -0.05) is 6.92 Å². The Hall–Kier alpha value is -1.20. The van der Waals surface area contributed by atoms with Crippen LogP contribution in [0.15, 0.2) is 6.07 Å². The number of nitrogens with one attached hydrogen (secondary N) is 1. The lowest BCUT2D eigenvalue weighted by molar-refractivity contribution is 0.0716. The van der Waals surface area contributed by atoms with Gasteiger partial charge < -0.3 is 14.8 Å². The lowest BCUT2D eigenvalue weighted by atomic mass is 10.3. The van der Waals surface area contributed by atoms with Crippen molar-refractivity contribution < 1.29 is 9.47 Å². The van der Waals surface area contributed by atoms with Crippen LogP contribution in [0.1, 0.15) is 25.4 Å². The summed E-state index contributed by atoms with van der Waals surface area (Å²) in [5.41, 5.74) is 1.06.